The summed E-state index contributed by atoms with van der Waals surface area (Å²) in [6.45, 7) is 4.10. The molecule has 3 heterocycles. The van der Waals surface area contributed by atoms with Gasteiger partial charge in [0.25, 0.3) is 5.91 Å². The topological polar surface area (TPSA) is 104 Å². The van der Waals surface area contributed by atoms with E-state index in [2.05, 4.69) is 22.2 Å². The number of hydrogen-bond donors (Lipinski definition) is 3. The minimum absolute atomic E-state index is 0.158. The maximum absolute atomic E-state index is 13.2. The Balaban J connectivity index is 1.28. The summed E-state index contributed by atoms with van der Waals surface area (Å²) in [4.78, 5) is 20.1. The van der Waals surface area contributed by atoms with Gasteiger partial charge in [0.15, 0.2) is 0 Å². The molecule has 2 aromatic carbocycles. The molecule has 2 fully saturated rings. The number of anilines is 1. The fourth-order valence-electron chi connectivity index (χ4n) is 5.79. The van der Waals surface area contributed by atoms with E-state index in [1.165, 1.54) is 12.8 Å². The predicted octanol–water partition coefficient (Wildman–Crippen LogP) is 5.21. The van der Waals surface area contributed by atoms with Crippen LogP contribution in [0, 0.1) is 11.3 Å². The van der Waals surface area contributed by atoms with Gasteiger partial charge in [0.05, 0.1) is 17.4 Å². The third-order valence-electron chi connectivity index (χ3n) is 8.05. The summed E-state index contributed by atoms with van der Waals surface area (Å²) in [5.41, 5.74) is 9.50. The highest BCUT2D eigenvalue weighted by atomic mass is 16.5. The molecule has 7 heteroatoms. The lowest BCUT2D eigenvalue weighted by atomic mass is 9.97. The molecule has 1 aromatic heterocycles. The Kier molecular flexibility index (Phi) is 7.47. The first-order valence-electron chi connectivity index (χ1n) is 13.5. The highest BCUT2D eigenvalue weighted by Gasteiger charge is 2.39. The second kappa shape index (κ2) is 11.0. The molecule has 3 aromatic rings. The second-order valence-electron chi connectivity index (χ2n) is 10.9. The van der Waals surface area contributed by atoms with Gasteiger partial charge in [-0.05, 0) is 93.2 Å². The Morgan fingerprint density at radius 2 is 1.74 bits per heavy atom. The van der Waals surface area contributed by atoms with Crippen molar-refractivity contribution in [2.45, 2.75) is 63.8 Å². The van der Waals surface area contributed by atoms with Crippen LogP contribution in [0.4, 0.5) is 5.69 Å². The molecule has 198 valence electrons. The number of hydrogen-bond acceptors (Lipinski definition) is 6. The predicted molar refractivity (Wildman–Crippen MR) is 151 cm³/mol. The van der Waals surface area contributed by atoms with E-state index in [-0.39, 0.29) is 29.7 Å². The number of amides is 1. The number of ether oxygens (including phenoxy) is 1. The zero-order valence-electron chi connectivity index (χ0n) is 22.4. The maximum atomic E-state index is 13.2. The standard InChI is InChI=1S/C31H37N5O2/c1-19(2)30(28-6-4-5-15-34-28)35-31(37)21-9-14-27(32)26(16-21)29(33)20-7-12-24(13-8-20)38-25-17-22-10-11-23(18-25)36(22)3/h4-9,12-16,19,22-23,25,30,33H,10-11,17-18,32H2,1-3H3,(H,35,37). The van der Waals surface area contributed by atoms with Crippen molar-refractivity contribution < 1.29 is 9.53 Å². The fraction of sp³-hybridized carbons (Fsp3) is 0.387. The Morgan fingerprint density at radius 1 is 1.05 bits per heavy atom. The molecule has 1 amide bonds. The molecule has 38 heavy (non-hydrogen) atoms. The summed E-state index contributed by atoms with van der Waals surface area (Å²) < 4.78 is 6.31. The lowest BCUT2D eigenvalue weighted by Crippen LogP contribution is -2.43. The molecule has 2 aliphatic rings. The Hall–Kier alpha value is -3.71. The van der Waals surface area contributed by atoms with Crippen molar-refractivity contribution in [3.05, 3.63) is 89.2 Å². The molecule has 2 bridgehead atoms. The van der Waals surface area contributed by atoms with E-state index in [4.69, 9.17) is 15.9 Å². The van der Waals surface area contributed by atoms with Gasteiger partial charge in [0.1, 0.15) is 11.9 Å². The summed E-state index contributed by atoms with van der Waals surface area (Å²) in [5, 5.41) is 11.9. The second-order valence-corrected chi connectivity index (χ2v) is 10.9. The van der Waals surface area contributed by atoms with Gasteiger partial charge in [-0.2, -0.15) is 0 Å². The van der Waals surface area contributed by atoms with Crippen LogP contribution in [0.25, 0.3) is 0 Å². The van der Waals surface area contributed by atoms with Gasteiger partial charge in [0.2, 0.25) is 0 Å². The molecule has 0 saturated carbocycles. The molecule has 2 saturated heterocycles. The van der Waals surface area contributed by atoms with Crippen molar-refractivity contribution in [3.8, 4) is 5.75 Å². The van der Waals surface area contributed by atoms with Crippen molar-refractivity contribution in [1.29, 1.82) is 5.41 Å². The molecule has 7 nitrogen and oxygen atoms in total. The molecule has 4 N–H and O–H groups in total. The van der Waals surface area contributed by atoms with E-state index >= 15 is 0 Å². The highest BCUT2D eigenvalue weighted by molar-refractivity contribution is 6.14. The van der Waals surface area contributed by atoms with Crippen LogP contribution < -0.4 is 15.8 Å². The minimum atomic E-state index is -0.226. The summed E-state index contributed by atoms with van der Waals surface area (Å²) >= 11 is 0. The van der Waals surface area contributed by atoms with Gasteiger partial charge in [0, 0.05) is 40.7 Å². The quantitative estimate of drug-likeness (QED) is 0.284. The van der Waals surface area contributed by atoms with Crippen molar-refractivity contribution in [2.24, 2.45) is 5.92 Å². The molecule has 0 aliphatic carbocycles. The number of benzene rings is 2. The van der Waals surface area contributed by atoms with Gasteiger partial charge >= 0.3 is 0 Å². The summed E-state index contributed by atoms with van der Waals surface area (Å²) in [6, 6.07) is 19.4. The lowest BCUT2D eigenvalue weighted by molar-refractivity contribution is 0.0661. The first-order chi connectivity index (χ1) is 18.3. The van der Waals surface area contributed by atoms with Crippen LogP contribution in [0.15, 0.2) is 66.9 Å². The zero-order chi connectivity index (χ0) is 26.8. The number of pyridine rings is 1. The van der Waals surface area contributed by atoms with Crippen LogP contribution in [0.1, 0.15) is 72.8 Å². The van der Waals surface area contributed by atoms with Crippen LogP contribution in [0.5, 0.6) is 5.75 Å². The molecular formula is C31H37N5O2. The molecule has 0 radical (unpaired) electrons. The first kappa shape index (κ1) is 25.9. The summed E-state index contributed by atoms with van der Waals surface area (Å²) in [5.74, 6) is 0.760. The number of rotatable bonds is 8. The number of nitrogen functional groups attached to an aromatic ring is 1. The normalized spacial score (nSPS) is 21.7. The number of fused-ring (bicyclic) bond motifs is 2. The zero-order valence-corrected chi connectivity index (χ0v) is 22.4. The van der Waals surface area contributed by atoms with Gasteiger partial charge in [-0.15, -0.1) is 0 Å². The van der Waals surface area contributed by atoms with Gasteiger partial charge in [-0.3, -0.25) is 15.2 Å². The summed E-state index contributed by atoms with van der Waals surface area (Å²) in [7, 11) is 2.23. The van der Waals surface area contributed by atoms with E-state index < -0.39 is 0 Å². The number of nitrogens with zero attached hydrogens (tertiary/aromatic N) is 2. The molecule has 2 aliphatic heterocycles. The van der Waals surface area contributed by atoms with E-state index in [9.17, 15) is 4.79 Å². The van der Waals surface area contributed by atoms with Crippen molar-refractivity contribution in [2.75, 3.05) is 12.8 Å². The van der Waals surface area contributed by atoms with Crippen LogP contribution in [0.2, 0.25) is 0 Å². The van der Waals surface area contributed by atoms with Crippen LogP contribution in [-0.4, -0.2) is 46.7 Å². The number of aromatic nitrogens is 1. The smallest absolute Gasteiger partial charge is 0.251 e. The molecule has 0 spiro atoms. The lowest BCUT2D eigenvalue weighted by Gasteiger charge is -2.36. The van der Waals surface area contributed by atoms with Gasteiger partial charge in [-0.25, -0.2) is 0 Å². The summed E-state index contributed by atoms with van der Waals surface area (Å²) in [6.07, 6.45) is 6.61. The van der Waals surface area contributed by atoms with Crippen LogP contribution in [0.3, 0.4) is 0 Å². The largest absolute Gasteiger partial charge is 0.490 e. The number of piperidine rings is 1. The average molecular weight is 512 g/mol. The molecular weight excluding hydrogens is 474 g/mol. The molecule has 5 rings (SSSR count). The number of nitrogens with one attached hydrogen (secondary N) is 2. The third-order valence-corrected chi connectivity index (χ3v) is 8.05. The van der Waals surface area contributed by atoms with E-state index in [1.54, 1.807) is 24.4 Å². The number of carbonyl (C=O) groups excluding carboxylic acids is 1. The van der Waals surface area contributed by atoms with Crippen LogP contribution >= 0.6 is 0 Å². The Labute approximate surface area is 224 Å². The minimum Gasteiger partial charge on any atom is -0.490 e. The van der Waals surface area contributed by atoms with Gasteiger partial charge in [-0.1, -0.05) is 19.9 Å². The Morgan fingerprint density at radius 3 is 2.37 bits per heavy atom. The fourth-order valence-corrected chi connectivity index (χ4v) is 5.79. The van der Waals surface area contributed by atoms with Crippen molar-refractivity contribution in [3.63, 3.8) is 0 Å². The maximum Gasteiger partial charge on any atom is 0.251 e. The van der Waals surface area contributed by atoms with E-state index in [1.807, 2.05) is 56.3 Å². The Bertz CT molecular complexity index is 1280. The first-order valence-corrected chi connectivity index (χ1v) is 13.5. The highest BCUT2D eigenvalue weighted by Crippen LogP contribution is 2.36. The van der Waals surface area contributed by atoms with Gasteiger partial charge < -0.3 is 20.7 Å². The molecule has 3 atom stereocenters. The van der Waals surface area contributed by atoms with E-state index in [0.29, 0.717) is 28.9 Å². The van der Waals surface area contributed by atoms with Crippen LogP contribution in [-0.2, 0) is 0 Å². The van der Waals surface area contributed by atoms with E-state index in [0.717, 1.165) is 29.8 Å². The van der Waals surface area contributed by atoms with Crippen molar-refractivity contribution >= 4 is 17.3 Å². The SMILES string of the molecule is CC(C)C(NC(=O)c1ccc(N)c(C(=N)c2ccc(OC3CC4CCC(C3)N4C)cc2)c1)c1ccccn1. The third kappa shape index (κ3) is 5.43. The van der Waals surface area contributed by atoms with Crippen molar-refractivity contribution in [1.82, 2.24) is 15.2 Å². The number of carbonyl (C=O) groups is 1. The monoisotopic (exact) mass is 511 g/mol. The number of nitrogens with two attached hydrogens (primary N) is 1. The average Bonchev–Trinajstić information content (AvgIpc) is 3.12. The molecule has 3 unspecified atom stereocenters.